The minimum atomic E-state index is -0.539. The SMILES string of the molecule is O=C(/C=C/c1ccc(Br)s1)Oc1ccc([N+](=O)[O-])cc1. The predicted molar refractivity (Wildman–Crippen MR) is 79.8 cm³/mol. The number of nitro groups is 1. The number of esters is 1. The Morgan fingerprint density at radius 3 is 2.50 bits per heavy atom. The molecule has 2 rings (SSSR count). The van der Waals surface area contributed by atoms with E-state index in [0.717, 1.165) is 8.66 Å². The number of rotatable bonds is 4. The molecule has 102 valence electrons. The molecular formula is C13H8BrNO4S. The molecule has 7 heteroatoms. The molecule has 0 radical (unpaired) electrons. The summed E-state index contributed by atoms with van der Waals surface area (Å²) in [7, 11) is 0. The lowest BCUT2D eigenvalue weighted by molar-refractivity contribution is -0.384. The van der Waals surface area contributed by atoms with Gasteiger partial charge in [-0.05, 0) is 46.3 Å². The van der Waals surface area contributed by atoms with Gasteiger partial charge in [-0.25, -0.2) is 4.79 Å². The Labute approximate surface area is 126 Å². The Hall–Kier alpha value is -1.99. The molecule has 0 spiro atoms. The fourth-order valence-electron chi connectivity index (χ4n) is 1.35. The van der Waals surface area contributed by atoms with E-state index in [1.165, 1.54) is 41.7 Å². The Kier molecular flexibility index (Phi) is 4.65. The molecule has 0 saturated carbocycles. The maximum absolute atomic E-state index is 11.6. The molecule has 0 saturated heterocycles. The lowest BCUT2D eigenvalue weighted by Crippen LogP contribution is -2.03. The van der Waals surface area contributed by atoms with Crippen LogP contribution >= 0.6 is 27.3 Å². The second kappa shape index (κ2) is 6.44. The fourth-order valence-corrected chi connectivity index (χ4v) is 2.68. The molecule has 0 bridgehead atoms. The highest BCUT2D eigenvalue weighted by molar-refractivity contribution is 9.11. The van der Waals surface area contributed by atoms with Gasteiger partial charge in [-0.1, -0.05) is 0 Å². The largest absolute Gasteiger partial charge is 0.423 e. The number of carbonyl (C=O) groups excluding carboxylic acids is 1. The van der Waals surface area contributed by atoms with Gasteiger partial charge in [-0.2, -0.15) is 0 Å². The van der Waals surface area contributed by atoms with E-state index in [2.05, 4.69) is 15.9 Å². The van der Waals surface area contributed by atoms with Crippen molar-refractivity contribution >= 4 is 45.0 Å². The van der Waals surface area contributed by atoms with Crippen LogP contribution in [-0.2, 0) is 4.79 Å². The van der Waals surface area contributed by atoms with Gasteiger partial charge in [0.1, 0.15) is 5.75 Å². The monoisotopic (exact) mass is 353 g/mol. The van der Waals surface area contributed by atoms with Crippen LogP contribution in [0.3, 0.4) is 0 Å². The highest BCUT2D eigenvalue weighted by Crippen LogP contribution is 2.23. The van der Waals surface area contributed by atoms with Crippen molar-refractivity contribution in [3.05, 3.63) is 61.3 Å². The zero-order valence-electron chi connectivity index (χ0n) is 9.99. The van der Waals surface area contributed by atoms with Gasteiger partial charge in [-0.15, -0.1) is 11.3 Å². The molecule has 0 N–H and O–H groups in total. The van der Waals surface area contributed by atoms with Crippen molar-refractivity contribution in [3.8, 4) is 5.75 Å². The maximum Gasteiger partial charge on any atom is 0.336 e. The van der Waals surface area contributed by atoms with Crippen molar-refractivity contribution in [2.75, 3.05) is 0 Å². The predicted octanol–water partition coefficient (Wildman–Crippen LogP) is 4.04. The third kappa shape index (κ3) is 4.01. The third-order valence-electron chi connectivity index (χ3n) is 2.24. The zero-order chi connectivity index (χ0) is 14.5. The van der Waals surface area contributed by atoms with E-state index < -0.39 is 10.9 Å². The van der Waals surface area contributed by atoms with E-state index in [-0.39, 0.29) is 11.4 Å². The average Bonchev–Trinajstić information content (AvgIpc) is 2.83. The zero-order valence-corrected chi connectivity index (χ0v) is 12.4. The molecule has 0 atom stereocenters. The number of halogens is 1. The lowest BCUT2D eigenvalue weighted by Gasteiger charge is -2.00. The third-order valence-corrected chi connectivity index (χ3v) is 3.83. The lowest BCUT2D eigenvalue weighted by atomic mass is 10.3. The van der Waals surface area contributed by atoms with E-state index >= 15 is 0 Å². The molecule has 20 heavy (non-hydrogen) atoms. The van der Waals surface area contributed by atoms with Crippen molar-refractivity contribution in [2.24, 2.45) is 0 Å². The standard InChI is InChI=1S/C13H8BrNO4S/c14-12-7-5-11(20-12)6-8-13(16)19-10-3-1-9(2-4-10)15(17)18/h1-8H/b8-6+. The fraction of sp³-hybridized carbons (Fsp3) is 0. The molecule has 0 aliphatic carbocycles. The van der Waals surface area contributed by atoms with Gasteiger partial charge in [0.25, 0.3) is 5.69 Å². The maximum atomic E-state index is 11.6. The van der Waals surface area contributed by atoms with Crippen molar-refractivity contribution in [1.82, 2.24) is 0 Å². The molecule has 0 aliphatic heterocycles. The molecular weight excluding hydrogens is 346 g/mol. The summed E-state index contributed by atoms with van der Waals surface area (Å²) in [5.41, 5.74) is -0.0521. The number of hydrogen-bond acceptors (Lipinski definition) is 5. The number of nitro benzene ring substituents is 1. The van der Waals surface area contributed by atoms with E-state index in [0.29, 0.717) is 0 Å². The summed E-state index contributed by atoms with van der Waals surface area (Å²) in [5.74, 6) is -0.277. The summed E-state index contributed by atoms with van der Waals surface area (Å²) in [6.45, 7) is 0. The van der Waals surface area contributed by atoms with Crippen LogP contribution < -0.4 is 4.74 Å². The van der Waals surface area contributed by atoms with Gasteiger partial charge in [0, 0.05) is 23.1 Å². The van der Waals surface area contributed by atoms with E-state index in [1.807, 2.05) is 12.1 Å². The van der Waals surface area contributed by atoms with Gasteiger partial charge in [0.2, 0.25) is 0 Å². The summed E-state index contributed by atoms with van der Waals surface area (Å²) in [6, 6.07) is 9.07. The highest BCUT2D eigenvalue weighted by atomic mass is 79.9. The van der Waals surface area contributed by atoms with Crippen LogP contribution in [0, 0.1) is 10.1 Å². The van der Waals surface area contributed by atoms with Gasteiger partial charge in [0.15, 0.2) is 0 Å². The summed E-state index contributed by atoms with van der Waals surface area (Å²) in [5, 5.41) is 10.5. The first kappa shape index (κ1) is 14.4. The number of hydrogen-bond donors (Lipinski definition) is 0. The number of non-ortho nitro benzene ring substituents is 1. The molecule has 1 aromatic carbocycles. The van der Waals surface area contributed by atoms with Crippen molar-refractivity contribution in [1.29, 1.82) is 0 Å². The molecule has 1 heterocycles. The molecule has 0 unspecified atom stereocenters. The molecule has 0 aliphatic rings. The minimum Gasteiger partial charge on any atom is -0.423 e. The van der Waals surface area contributed by atoms with Crippen LogP contribution in [0.25, 0.3) is 6.08 Å². The normalized spacial score (nSPS) is 10.7. The van der Waals surface area contributed by atoms with Crippen LogP contribution in [0.15, 0.2) is 46.3 Å². The van der Waals surface area contributed by atoms with Crippen molar-refractivity contribution in [3.63, 3.8) is 0 Å². The Bertz CT molecular complexity index is 663. The molecule has 2 aromatic rings. The Morgan fingerprint density at radius 1 is 1.25 bits per heavy atom. The van der Waals surface area contributed by atoms with E-state index in [4.69, 9.17) is 4.74 Å². The van der Waals surface area contributed by atoms with Crippen LogP contribution in [0.4, 0.5) is 5.69 Å². The second-order valence-electron chi connectivity index (χ2n) is 3.65. The number of benzene rings is 1. The molecule has 1 aromatic heterocycles. The second-order valence-corrected chi connectivity index (χ2v) is 6.14. The summed E-state index contributed by atoms with van der Waals surface area (Å²) in [6.07, 6.45) is 2.95. The van der Waals surface area contributed by atoms with E-state index in [9.17, 15) is 14.9 Å². The van der Waals surface area contributed by atoms with Crippen LogP contribution in [0.5, 0.6) is 5.75 Å². The highest BCUT2D eigenvalue weighted by Gasteiger charge is 2.06. The Morgan fingerprint density at radius 2 is 1.95 bits per heavy atom. The first-order chi connectivity index (χ1) is 9.54. The Balaban J connectivity index is 1.97. The van der Waals surface area contributed by atoms with Gasteiger partial charge in [-0.3, -0.25) is 10.1 Å². The van der Waals surface area contributed by atoms with Gasteiger partial charge in [0.05, 0.1) is 8.71 Å². The first-order valence-corrected chi connectivity index (χ1v) is 7.05. The number of ether oxygens (including phenoxy) is 1. The topological polar surface area (TPSA) is 69.4 Å². The quantitative estimate of drug-likeness (QED) is 0.273. The van der Waals surface area contributed by atoms with Crippen molar-refractivity contribution in [2.45, 2.75) is 0 Å². The molecule has 0 amide bonds. The minimum absolute atomic E-state index is 0.0521. The van der Waals surface area contributed by atoms with Gasteiger partial charge < -0.3 is 4.74 Å². The van der Waals surface area contributed by atoms with Crippen molar-refractivity contribution < 1.29 is 14.5 Å². The smallest absolute Gasteiger partial charge is 0.336 e. The number of carbonyl (C=O) groups is 1. The van der Waals surface area contributed by atoms with Crippen LogP contribution in [-0.4, -0.2) is 10.9 Å². The van der Waals surface area contributed by atoms with E-state index in [1.54, 1.807) is 6.08 Å². The summed E-state index contributed by atoms with van der Waals surface area (Å²) >= 11 is 4.81. The molecule has 5 nitrogen and oxygen atoms in total. The summed E-state index contributed by atoms with van der Waals surface area (Å²) < 4.78 is 6.00. The number of nitrogens with zero attached hydrogens (tertiary/aromatic N) is 1. The van der Waals surface area contributed by atoms with Gasteiger partial charge >= 0.3 is 5.97 Å². The van der Waals surface area contributed by atoms with Crippen LogP contribution in [0.2, 0.25) is 0 Å². The van der Waals surface area contributed by atoms with Crippen LogP contribution in [0.1, 0.15) is 4.88 Å². The molecule has 0 fully saturated rings. The average molecular weight is 354 g/mol. The number of thiophene rings is 1. The summed E-state index contributed by atoms with van der Waals surface area (Å²) in [4.78, 5) is 22.4. The first-order valence-electron chi connectivity index (χ1n) is 5.44.